The first-order chi connectivity index (χ1) is 14.7. The van der Waals surface area contributed by atoms with Gasteiger partial charge in [-0.1, -0.05) is 66.7 Å². The number of oxazole rings is 1. The van der Waals surface area contributed by atoms with Crippen LogP contribution in [0, 0.1) is 0 Å². The summed E-state index contributed by atoms with van der Waals surface area (Å²) in [5.41, 5.74) is 8.54. The van der Waals surface area contributed by atoms with Gasteiger partial charge in [-0.05, 0) is 23.4 Å². The molecule has 1 unspecified atom stereocenters. The molecule has 0 aliphatic rings. The standard InChI is InChI=1S/C24H24N4O2/c25-20(15-17-7-2-1-3-8-17)24-28-22(16-30-24)23(29)27-14-13-26-21-12-6-10-18-9-4-5-11-19(18)21/h1-12,16,20,26H,13-15,25H2,(H,27,29). The van der Waals surface area contributed by atoms with Gasteiger partial charge in [0.05, 0.1) is 6.04 Å². The topological polar surface area (TPSA) is 93.2 Å². The maximum atomic E-state index is 12.4. The summed E-state index contributed by atoms with van der Waals surface area (Å²) < 4.78 is 5.43. The number of carbonyl (C=O) groups excluding carboxylic acids is 1. The molecule has 0 bridgehead atoms. The number of aromatic nitrogens is 1. The average Bonchev–Trinajstić information content (AvgIpc) is 3.28. The number of nitrogens with two attached hydrogens (primary N) is 1. The fourth-order valence-electron chi connectivity index (χ4n) is 3.36. The number of fused-ring (bicyclic) bond motifs is 1. The Morgan fingerprint density at radius 3 is 2.60 bits per heavy atom. The van der Waals surface area contributed by atoms with Crippen molar-refractivity contribution in [3.05, 3.63) is 96.2 Å². The van der Waals surface area contributed by atoms with Crippen LogP contribution < -0.4 is 16.4 Å². The fraction of sp³-hybridized carbons (Fsp3) is 0.167. The zero-order chi connectivity index (χ0) is 20.8. The van der Waals surface area contributed by atoms with Crippen LogP contribution in [0.15, 0.2) is 83.5 Å². The second-order valence-corrected chi connectivity index (χ2v) is 7.08. The second kappa shape index (κ2) is 9.24. The van der Waals surface area contributed by atoms with Crippen molar-refractivity contribution in [3.63, 3.8) is 0 Å². The van der Waals surface area contributed by atoms with Crippen LogP contribution in [0.3, 0.4) is 0 Å². The SMILES string of the molecule is NC(Cc1ccccc1)c1nc(C(=O)NCCNc2cccc3ccccc23)co1. The molecule has 30 heavy (non-hydrogen) atoms. The Morgan fingerprint density at radius 1 is 0.967 bits per heavy atom. The van der Waals surface area contributed by atoms with Crippen LogP contribution in [0.25, 0.3) is 10.8 Å². The molecule has 1 heterocycles. The van der Waals surface area contributed by atoms with Crippen LogP contribution in [0.5, 0.6) is 0 Å². The van der Waals surface area contributed by atoms with Crippen LogP contribution in [0.1, 0.15) is 28.0 Å². The van der Waals surface area contributed by atoms with Crippen molar-refractivity contribution < 1.29 is 9.21 Å². The minimum absolute atomic E-state index is 0.235. The average molecular weight is 400 g/mol. The van der Waals surface area contributed by atoms with Gasteiger partial charge in [-0.15, -0.1) is 0 Å². The summed E-state index contributed by atoms with van der Waals surface area (Å²) in [4.78, 5) is 16.6. The minimum Gasteiger partial charge on any atom is -0.446 e. The van der Waals surface area contributed by atoms with Crippen molar-refractivity contribution in [2.75, 3.05) is 18.4 Å². The van der Waals surface area contributed by atoms with E-state index in [2.05, 4.69) is 33.8 Å². The number of carbonyl (C=O) groups is 1. The monoisotopic (exact) mass is 400 g/mol. The van der Waals surface area contributed by atoms with Crippen LogP contribution in [-0.4, -0.2) is 24.0 Å². The van der Waals surface area contributed by atoms with E-state index in [9.17, 15) is 4.79 Å². The van der Waals surface area contributed by atoms with E-state index in [1.807, 2.05) is 54.6 Å². The van der Waals surface area contributed by atoms with Gasteiger partial charge in [0.15, 0.2) is 5.69 Å². The van der Waals surface area contributed by atoms with E-state index in [4.69, 9.17) is 10.2 Å². The molecule has 0 fully saturated rings. The third-order valence-corrected chi connectivity index (χ3v) is 4.89. The number of rotatable bonds is 8. The van der Waals surface area contributed by atoms with Gasteiger partial charge < -0.3 is 20.8 Å². The van der Waals surface area contributed by atoms with Gasteiger partial charge in [-0.25, -0.2) is 4.98 Å². The molecule has 0 aliphatic heterocycles. The highest BCUT2D eigenvalue weighted by Crippen LogP contribution is 2.22. The zero-order valence-corrected chi connectivity index (χ0v) is 16.5. The lowest BCUT2D eigenvalue weighted by molar-refractivity contribution is 0.0950. The summed E-state index contributed by atoms with van der Waals surface area (Å²) in [5.74, 6) is 0.0783. The Labute approximate surface area is 175 Å². The van der Waals surface area contributed by atoms with Crippen molar-refractivity contribution in [1.82, 2.24) is 10.3 Å². The fourth-order valence-corrected chi connectivity index (χ4v) is 3.36. The summed E-state index contributed by atoms with van der Waals surface area (Å²) in [5, 5.41) is 8.55. The van der Waals surface area contributed by atoms with Gasteiger partial charge in [0.25, 0.3) is 5.91 Å². The summed E-state index contributed by atoms with van der Waals surface area (Å²) in [6, 6.07) is 23.8. The first-order valence-corrected chi connectivity index (χ1v) is 9.95. The summed E-state index contributed by atoms with van der Waals surface area (Å²) >= 11 is 0. The van der Waals surface area contributed by atoms with E-state index in [1.54, 1.807) is 0 Å². The number of hydrogen-bond acceptors (Lipinski definition) is 5. The van der Waals surface area contributed by atoms with Crippen molar-refractivity contribution in [2.24, 2.45) is 5.73 Å². The van der Waals surface area contributed by atoms with Crippen LogP contribution in [0.4, 0.5) is 5.69 Å². The zero-order valence-electron chi connectivity index (χ0n) is 16.5. The molecule has 6 nitrogen and oxygen atoms in total. The molecule has 152 valence electrons. The van der Waals surface area contributed by atoms with Gasteiger partial charge in [-0.3, -0.25) is 4.79 Å². The lowest BCUT2D eigenvalue weighted by Crippen LogP contribution is -2.29. The lowest BCUT2D eigenvalue weighted by atomic mass is 10.1. The molecule has 0 spiro atoms. The van der Waals surface area contributed by atoms with Crippen molar-refractivity contribution in [3.8, 4) is 0 Å². The number of nitrogens with zero attached hydrogens (tertiary/aromatic N) is 1. The molecule has 3 aromatic carbocycles. The lowest BCUT2D eigenvalue weighted by Gasteiger charge is -2.10. The highest BCUT2D eigenvalue weighted by atomic mass is 16.3. The van der Waals surface area contributed by atoms with Crippen molar-refractivity contribution in [2.45, 2.75) is 12.5 Å². The first kappa shape index (κ1) is 19.7. The van der Waals surface area contributed by atoms with Crippen molar-refractivity contribution in [1.29, 1.82) is 0 Å². The van der Waals surface area contributed by atoms with Gasteiger partial charge in [-0.2, -0.15) is 0 Å². The maximum absolute atomic E-state index is 12.4. The molecule has 4 rings (SSSR count). The molecule has 0 radical (unpaired) electrons. The molecule has 0 saturated heterocycles. The largest absolute Gasteiger partial charge is 0.446 e. The van der Waals surface area contributed by atoms with Gasteiger partial charge >= 0.3 is 0 Å². The number of benzene rings is 3. The predicted octanol–water partition coefficient (Wildman–Crippen LogP) is 3.91. The Hall–Kier alpha value is -3.64. The highest BCUT2D eigenvalue weighted by Gasteiger charge is 2.17. The van der Waals surface area contributed by atoms with Gasteiger partial charge in [0.2, 0.25) is 5.89 Å². The van der Waals surface area contributed by atoms with E-state index < -0.39 is 6.04 Å². The molecular weight excluding hydrogens is 376 g/mol. The Balaban J connectivity index is 1.28. The van der Waals surface area contributed by atoms with Crippen LogP contribution >= 0.6 is 0 Å². The smallest absolute Gasteiger partial charge is 0.273 e. The molecule has 4 aromatic rings. The van der Waals surface area contributed by atoms with E-state index in [0.717, 1.165) is 16.6 Å². The molecule has 0 saturated carbocycles. The molecule has 6 heteroatoms. The Morgan fingerprint density at radius 2 is 1.73 bits per heavy atom. The van der Waals surface area contributed by atoms with E-state index in [1.165, 1.54) is 11.6 Å². The summed E-state index contributed by atoms with van der Waals surface area (Å²) in [6.45, 7) is 1.05. The minimum atomic E-state index is -0.401. The second-order valence-electron chi connectivity index (χ2n) is 7.08. The molecular formula is C24H24N4O2. The molecule has 1 amide bonds. The van der Waals surface area contributed by atoms with E-state index in [-0.39, 0.29) is 11.6 Å². The van der Waals surface area contributed by atoms with Crippen LogP contribution in [-0.2, 0) is 6.42 Å². The summed E-state index contributed by atoms with van der Waals surface area (Å²) in [6.07, 6.45) is 1.95. The van der Waals surface area contributed by atoms with E-state index in [0.29, 0.717) is 25.4 Å². The third-order valence-electron chi connectivity index (χ3n) is 4.89. The van der Waals surface area contributed by atoms with Gasteiger partial charge in [0.1, 0.15) is 6.26 Å². The van der Waals surface area contributed by atoms with Crippen LogP contribution in [0.2, 0.25) is 0 Å². The number of nitrogens with one attached hydrogen (secondary N) is 2. The van der Waals surface area contributed by atoms with Gasteiger partial charge in [0, 0.05) is 24.2 Å². The number of anilines is 1. The van der Waals surface area contributed by atoms with E-state index >= 15 is 0 Å². The number of amides is 1. The first-order valence-electron chi connectivity index (χ1n) is 9.95. The Kier molecular flexibility index (Phi) is 6.06. The Bertz CT molecular complexity index is 1120. The predicted molar refractivity (Wildman–Crippen MR) is 118 cm³/mol. The third kappa shape index (κ3) is 4.67. The number of hydrogen-bond donors (Lipinski definition) is 3. The highest BCUT2D eigenvalue weighted by molar-refractivity contribution is 5.94. The molecule has 4 N–H and O–H groups in total. The van der Waals surface area contributed by atoms with Crippen molar-refractivity contribution >= 4 is 22.4 Å². The quantitative estimate of drug-likeness (QED) is 0.390. The normalized spacial score (nSPS) is 11.9. The maximum Gasteiger partial charge on any atom is 0.273 e. The molecule has 1 aromatic heterocycles. The molecule has 1 atom stereocenters. The molecule has 0 aliphatic carbocycles. The summed E-state index contributed by atoms with van der Waals surface area (Å²) in [7, 11) is 0.